The molecule has 10 heteroatoms. The van der Waals surface area contributed by atoms with E-state index in [4.69, 9.17) is 11.6 Å². The van der Waals surface area contributed by atoms with Gasteiger partial charge in [0.2, 0.25) is 10.0 Å². The molecule has 2 saturated heterocycles. The van der Waals surface area contributed by atoms with Crippen LogP contribution in [0.3, 0.4) is 0 Å². The van der Waals surface area contributed by atoms with E-state index in [0.29, 0.717) is 13.1 Å². The highest BCUT2D eigenvalue weighted by Crippen LogP contribution is 2.34. The van der Waals surface area contributed by atoms with Gasteiger partial charge in [-0.05, 0) is 37.1 Å². The molecule has 2 aliphatic heterocycles. The van der Waals surface area contributed by atoms with Crippen molar-refractivity contribution in [2.45, 2.75) is 4.90 Å². The van der Waals surface area contributed by atoms with E-state index in [0.717, 1.165) is 19.2 Å². The van der Waals surface area contributed by atoms with Gasteiger partial charge in [0.1, 0.15) is 0 Å². The highest BCUT2D eigenvalue weighted by atomic mass is 35.5. The fraction of sp³-hybridized carbons (Fsp3) is 0.500. The molecule has 0 unspecified atom stereocenters. The van der Waals surface area contributed by atoms with Gasteiger partial charge in [-0.3, -0.25) is 10.1 Å². The lowest BCUT2D eigenvalue weighted by Gasteiger charge is -2.17. The first-order valence-electron chi connectivity index (χ1n) is 6.54. The van der Waals surface area contributed by atoms with E-state index < -0.39 is 20.6 Å². The Labute approximate surface area is 139 Å². The fourth-order valence-electron chi connectivity index (χ4n) is 3.00. The number of hydrogen-bond acceptors (Lipinski definition) is 5. The van der Waals surface area contributed by atoms with Crippen LogP contribution in [0.15, 0.2) is 23.1 Å². The van der Waals surface area contributed by atoms with E-state index in [9.17, 15) is 18.5 Å². The summed E-state index contributed by atoms with van der Waals surface area (Å²) in [6.45, 7) is 2.39. The molecule has 0 saturated carbocycles. The number of halogens is 2. The Morgan fingerprint density at radius 1 is 1.27 bits per heavy atom. The number of nitrogens with one attached hydrogen (secondary N) is 1. The molecule has 22 heavy (non-hydrogen) atoms. The van der Waals surface area contributed by atoms with Crippen LogP contribution in [0.1, 0.15) is 0 Å². The molecule has 0 aromatic heterocycles. The average molecular weight is 368 g/mol. The van der Waals surface area contributed by atoms with Crippen molar-refractivity contribution in [2.24, 2.45) is 11.8 Å². The lowest BCUT2D eigenvalue weighted by atomic mass is 10.0. The molecule has 1 aromatic rings. The maximum Gasteiger partial charge on any atom is 0.290 e. The van der Waals surface area contributed by atoms with Gasteiger partial charge in [0.25, 0.3) is 5.69 Å². The SMILES string of the molecule is Cl.O=[N+]([O-])c1cc(Cl)ccc1S(=O)(=O)N1C[C@H]2CNC[C@H]2C1. The molecule has 2 aliphatic rings. The Morgan fingerprint density at radius 2 is 1.86 bits per heavy atom. The quantitative estimate of drug-likeness (QED) is 0.645. The van der Waals surface area contributed by atoms with Crippen LogP contribution in [0.2, 0.25) is 5.02 Å². The third-order valence-corrected chi connectivity index (χ3v) is 6.21. The summed E-state index contributed by atoms with van der Waals surface area (Å²) < 4.78 is 26.7. The van der Waals surface area contributed by atoms with Crippen molar-refractivity contribution in [1.82, 2.24) is 9.62 Å². The molecule has 1 N–H and O–H groups in total. The molecule has 2 heterocycles. The van der Waals surface area contributed by atoms with Crippen LogP contribution in [0.5, 0.6) is 0 Å². The van der Waals surface area contributed by atoms with Gasteiger partial charge in [-0.1, -0.05) is 11.6 Å². The zero-order valence-corrected chi connectivity index (χ0v) is 13.8. The zero-order chi connectivity index (χ0) is 15.2. The van der Waals surface area contributed by atoms with Crippen molar-refractivity contribution in [2.75, 3.05) is 26.2 Å². The van der Waals surface area contributed by atoms with Gasteiger partial charge < -0.3 is 5.32 Å². The molecule has 1 aromatic carbocycles. The molecule has 3 rings (SSSR count). The minimum Gasteiger partial charge on any atom is -0.316 e. The Balaban J connectivity index is 0.00000176. The first kappa shape index (κ1) is 17.4. The monoisotopic (exact) mass is 367 g/mol. The standard InChI is InChI=1S/C12H14ClN3O4S.ClH/c13-10-1-2-12(11(3-10)16(17)18)21(19,20)15-6-8-4-14-5-9(8)7-15;/h1-3,8-9,14H,4-7H2;1H/t8-,9+;. The molecular formula is C12H15Cl2N3O4S. The molecule has 122 valence electrons. The number of nitrogens with zero attached hydrogens (tertiary/aromatic N) is 2. The van der Waals surface area contributed by atoms with E-state index in [-0.39, 0.29) is 34.2 Å². The summed E-state index contributed by atoms with van der Waals surface area (Å²) in [5.74, 6) is 0.567. The second kappa shape index (κ2) is 6.29. The maximum atomic E-state index is 12.7. The van der Waals surface area contributed by atoms with Crippen molar-refractivity contribution in [3.63, 3.8) is 0 Å². The molecule has 0 spiro atoms. The molecule has 2 fully saturated rings. The molecular weight excluding hydrogens is 353 g/mol. The van der Waals surface area contributed by atoms with Crippen LogP contribution < -0.4 is 5.32 Å². The highest BCUT2D eigenvalue weighted by Gasteiger charge is 2.43. The van der Waals surface area contributed by atoms with Crippen LogP contribution in [0, 0.1) is 22.0 Å². The van der Waals surface area contributed by atoms with Crippen molar-refractivity contribution in [1.29, 1.82) is 0 Å². The normalized spacial score (nSPS) is 24.8. The van der Waals surface area contributed by atoms with E-state index in [1.165, 1.54) is 16.4 Å². The smallest absolute Gasteiger partial charge is 0.290 e. The summed E-state index contributed by atoms with van der Waals surface area (Å²) in [5.41, 5.74) is -0.474. The molecule has 2 atom stereocenters. The Hall–Kier alpha value is -0.930. The zero-order valence-electron chi connectivity index (χ0n) is 11.4. The van der Waals surface area contributed by atoms with E-state index in [2.05, 4.69) is 5.32 Å². The van der Waals surface area contributed by atoms with Gasteiger partial charge in [-0.2, -0.15) is 4.31 Å². The average Bonchev–Trinajstić information content (AvgIpc) is 2.98. The third-order valence-electron chi connectivity index (χ3n) is 4.09. The van der Waals surface area contributed by atoms with Gasteiger partial charge in [0.05, 0.1) is 4.92 Å². The first-order valence-corrected chi connectivity index (χ1v) is 8.36. The van der Waals surface area contributed by atoms with E-state index >= 15 is 0 Å². The van der Waals surface area contributed by atoms with Crippen LogP contribution in [-0.4, -0.2) is 43.8 Å². The number of fused-ring (bicyclic) bond motifs is 1. The van der Waals surface area contributed by atoms with Crippen molar-refractivity contribution < 1.29 is 13.3 Å². The summed E-state index contributed by atoms with van der Waals surface area (Å²) in [6.07, 6.45) is 0. The van der Waals surface area contributed by atoms with Crippen molar-refractivity contribution in [3.8, 4) is 0 Å². The second-order valence-electron chi connectivity index (χ2n) is 5.37. The largest absolute Gasteiger partial charge is 0.316 e. The van der Waals surface area contributed by atoms with E-state index in [1.54, 1.807) is 0 Å². The lowest BCUT2D eigenvalue weighted by molar-refractivity contribution is -0.387. The third kappa shape index (κ3) is 2.93. The lowest BCUT2D eigenvalue weighted by Crippen LogP contribution is -2.32. The van der Waals surface area contributed by atoms with Crippen LogP contribution >= 0.6 is 24.0 Å². The summed E-state index contributed by atoms with van der Waals surface area (Å²) in [6, 6.07) is 3.65. The fourth-order valence-corrected chi connectivity index (χ4v) is 4.86. The van der Waals surface area contributed by atoms with Crippen LogP contribution in [0.25, 0.3) is 0 Å². The summed E-state index contributed by atoms with van der Waals surface area (Å²) >= 11 is 5.73. The van der Waals surface area contributed by atoms with Gasteiger partial charge in [0, 0.05) is 24.2 Å². The summed E-state index contributed by atoms with van der Waals surface area (Å²) in [7, 11) is -3.87. The van der Waals surface area contributed by atoms with Gasteiger partial charge in [0.15, 0.2) is 4.90 Å². The number of nitro benzene ring substituents is 1. The van der Waals surface area contributed by atoms with Crippen molar-refractivity contribution >= 4 is 39.7 Å². The number of sulfonamides is 1. The molecule has 0 amide bonds. The van der Waals surface area contributed by atoms with Gasteiger partial charge in [-0.25, -0.2) is 8.42 Å². The van der Waals surface area contributed by atoms with E-state index in [1.807, 2.05) is 0 Å². The summed E-state index contributed by atoms with van der Waals surface area (Å²) in [4.78, 5) is 10.1. The molecule has 7 nitrogen and oxygen atoms in total. The summed E-state index contributed by atoms with van der Waals surface area (Å²) in [5, 5.41) is 14.5. The predicted octanol–water partition coefficient (Wildman–Crippen LogP) is 1.51. The Kier molecular flexibility index (Phi) is 4.98. The molecule has 0 radical (unpaired) electrons. The number of rotatable bonds is 3. The minimum absolute atomic E-state index is 0. The van der Waals surface area contributed by atoms with Crippen molar-refractivity contribution in [3.05, 3.63) is 33.3 Å². The highest BCUT2D eigenvalue weighted by molar-refractivity contribution is 7.89. The Morgan fingerprint density at radius 3 is 2.41 bits per heavy atom. The predicted molar refractivity (Wildman–Crippen MR) is 84.0 cm³/mol. The first-order chi connectivity index (χ1) is 9.89. The number of hydrogen-bond donors (Lipinski definition) is 1. The maximum absolute atomic E-state index is 12.7. The topological polar surface area (TPSA) is 92.5 Å². The Bertz CT molecular complexity index is 686. The second-order valence-corrected chi connectivity index (χ2v) is 7.71. The number of benzene rings is 1. The molecule has 0 bridgehead atoms. The number of nitro groups is 1. The van der Waals surface area contributed by atoms with Crippen LogP contribution in [-0.2, 0) is 10.0 Å². The van der Waals surface area contributed by atoms with Gasteiger partial charge in [-0.15, -0.1) is 12.4 Å². The van der Waals surface area contributed by atoms with Gasteiger partial charge >= 0.3 is 0 Å². The molecule has 0 aliphatic carbocycles. The minimum atomic E-state index is -3.87. The van der Waals surface area contributed by atoms with Crippen LogP contribution in [0.4, 0.5) is 5.69 Å².